The molecule has 0 spiro atoms. The number of hydrogen-bond donors (Lipinski definition) is 0. The highest BCUT2D eigenvalue weighted by Crippen LogP contribution is 2.49. The summed E-state index contributed by atoms with van der Waals surface area (Å²) in [4.78, 5) is 7.42. The molecule has 3 heterocycles. The summed E-state index contributed by atoms with van der Waals surface area (Å²) in [5.41, 5.74) is 5.04. The van der Waals surface area contributed by atoms with E-state index >= 15 is 0 Å². The van der Waals surface area contributed by atoms with Gasteiger partial charge in [-0.1, -0.05) is 48.6 Å². The molecule has 2 aliphatic rings. The first-order valence-electron chi connectivity index (χ1n) is 8.91. The molecule has 1 aromatic heterocycles. The van der Waals surface area contributed by atoms with Crippen LogP contribution in [0.2, 0.25) is 0 Å². The van der Waals surface area contributed by atoms with Gasteiger partial charge in [0.05, 0.1) is 29.7 Å². The van der Waals surface area contributed by atoms with Crippen LogP contribution in [0.4, 0.5) is 0 Å². The van der Waals surface area contributed by atoms with E-state index < -0.39 is 0 Å². The molecule has 3 aromatic rings. The van der Waals surface area contributed by atoms with E-state index in [2.05, 4.69) is 64.1 Å². The van der Waals surface area contributed by atoms with Gasteiger partial charge in [0.2, 0.25) is 0 Å². The molecular formula is C21H21N3O. The van der Waals surface area contributed by atoms with Gasteiger partial charge in [-0.25, -0.2) is 4.98 Å². The highest BCUT2D eigenvalue weighted by Gasteiger charge is 2.40. The number of fused-ring (bicyclic) bond motifs is 6. The second-order valence-electron chi connectivity index (χ2n) is 6.64. The summed E-state index contributed by atoms with van der Waals surface area (Å²) >= 11 is 0. The fourth-order valence-corrected chi connectivity index (χ4v) is 4.15. The molecule has 2 atom stereocenters. The average molecular weight is 331 g/mol. The Morgan fingerprint density at radius 1 is 0.960 bits per heavy atom. The van der Waals surface area contributed by atoms with Crippen molar-refractivity contribution in [1.82, 2.24) is 14.5 Å². The SMILES string of the molecule is CCOCn1c(CN2C3C=CC2c2ccccc23)nc2ccccc21. The zero-order valence-corrected chi connectivity index (χ0v) is 14.3. The van der Waals surface area contributed by atoms with Crippen molar-refractivity contribution in [3.8, 4) is 0 Å². The Labute approximate surface area is 147 Å². The third-order valence-corrected chi connectivity index (χ3v) is 5.31. The molecule has 4 heteroatoms. The van der Waals surface area contributed by atoms with Gasteiger partial charge in [0.25, 0.3) is 0 Å². The maximum Gasteiger partial charge on any atom is 0.126 e. The highest BCUT2D eigenvalue weighted by molar-refractivity contribution is 5.75. The quantitative estimate of drug-likeness (QED) is 0.657. The Bertz CT molecular complexity index is 926. The maximum atomic E-state index is 5.71. The fraction of sp³-hybridized carbons (Fsp3) is 0.286. The van der Waals surface area contributed by atoms with Gasteiger partial charge in [-0.15, -0.1) is 0 Å². The molecule has 2 aromatic carbocycles. The van der Waals surface area contributed by atoms with Crippen LogP contribution in [0.25, 0.3) is 11.0 Å². The standard InChI is InChI=1S/C21H21N3O/c1-2-25-14-24-20-10-6-5-9-17(20)22-21(24)13-23-18-11-12-19(23)16-8-4-3-7-15(16)18/h3-12,18-19H,2,13-14H2,1H3. The Hall–Kier alpha value is -2.43. The Morgan fingerprint density at radius 3 is 2.36 bits per heavy atom. The summed E-state index contributed by atoms with van der Waals surface area (Å²) in [5.74, 6) is 1.07. The van der Waals surface area contributed by atoms with Crippen LogP contribution in [0, 0.1) is 0 Å². The van der Waals surface area contributed by atoms with Gasteiger partial charge >= 0.3 is 0 Å². The molecule has 2 bridgehead atoms. The van der Waals surface area contributed by atoms with Crippen molar-refractivity contribution in [2.24, 2.45) is 0 Å². The van der Waals surface area contributed by atoms with Crippen molar-refractivity contribution in [1.29, 1.82) is 0 Å². The molecule has 0 amide bonds. The molecule has 5 rings (SSSR count). The lowest BCUT2D eigenvalue weighted by molar-refractivity contribution is 0.0855. The molecule has 4 nitrogen and oxygen atoms in total. The van der Waals surface area contributed by atoms with Crippen molar-refractivity contribution in [3.05, 3.63) is 77.6 Å². The molecule has 126 valence electrons. The van der Waals surface area contributed by atoms with Gasteiger partial charge < -0.3 is 9.30 Å². The van der Waals surface area contributed by atoms with Gasteiger partial charge in [0.1, 0.15) is 12.6 Å². The predicted molar refractivity (Wildman–Crippen MR) is 98.0 cm³/mol. The lowest BCUT2D eigenvalue weighted by Gasteiger charge is -2.22. The molecule has 0 saturated heterocycles. The smallest absolute Gasteiger partial charge is 0.126 e. The number of aromatic nitrogens is 2. The van der Waals surface area contributed by atoms with Crippen LogP contribution < -0.4 is 0 Å². The largest absolute Gasteiger partial charge is 0.361 e. The van der Waals surface area contributed by atoms with Crippen LogP contribution in [-0.4, -0.2) is 21.1 Å². The first-order valence-corrected chi connectivity index (χ1v) is 8.91. The minimum Gasteiger partial charge on any atom is -0.361 e. The Kier molecular flexibility index (Phi) is 3.47. The first kappa shape index (κ1) is 14.9. The number of hydrogen-bond acceptors (Lipinski definition) is 3. The lowest BCUT2D eigenvalue weighted by atomic mass is 9.97. The van der Waals surface area contributed by atoms with Crippen LogP contribution >= 0.6 is 0 Å². The number of imidazole rings is 1. The molecule has 0 aliphatic carbocycles. The van der Waals surface area contributed by atoms with E-state index in [1.807, 2.05) is 13.0 Å². The van der Waals surface area contributed by atoms with Crippen molar-refractivity contribution < 1.29 is 4.74 Å². The lowest BCUT2D eigenvalue weighted by Crippen LogP contribution is -2.22. The number of benzene rings is 2. The van der Waals surface area contributed by atoms with E-state index in [0.717, 1.165) is 23.4 Å². The molecule has 2 unspecified atom stereocenters. The molecule has 0 fully saturated rings. The number of rotatable bonds is 5. The molecular weight excluding hydrogens is 310 g/mol. The summed E-state index contributed by atoms with van der Waals surface area (Å²) in [6, 6.07) is 17.8. The first-order chi connectivity index (χ1) is 12.4. The van der Waals surface area contributed by atoms with Crippen molar-refractivity contribution in [2.75, 3.05) is 6.61 Å². The molecule has 0 N–H and O–H groups in total. The van der Waals surface area contributed by atoms with Gasteiger partial charge in [0.15, 0.2) is 0 Å². The second-order valence-corrected chi connectivity index (χ2v) is 6.64. The van der Waals surface area contributed by atoms with Gasteiger partial charge in [-0.2, -0.15) is 0 Å². The summed E-state index contributed by atoms with van der Waals surface area (Å²) in [7, 11) is 0. The van der Waals surface area contributed by atoms with Gasteiger partial charge in [-0.3, -0.25) is 4.90 Å². The predicted octanol–water partition coefficient (Wildman–Crippen LogP) is 4.20. The third kappa shape index (κ3) is 2.25. The van der Waals surface area contributed by atoms with Crippen LogP contribution in [0.3, 0.4) is 0 Å². The van der Waals surface area contributed by atoms with Crippen molar-refractivity contribution in [3.63, 3.8) is 0 Å². The van der Waals surface area contributed by atoms with E-state index in [4.69, 9.17) is 9.72 Å². The number of nitrogens with zero attached hydrogens (tertiary/aromatic N) is 3. The zero-order chi connectivity index (χ0) is 16.8. The summed E-state index contributed by atoms with van der Waals surface area (Å²) < 4.78 is 7.92. The monoisotopic (exact) mass is 331 g/mol. The van der Waals surface area contributed by atoms with E-state index in [-0.39, 0.29) is 0 Å². The van der Waals surface area contributed by atoms with Crippen LogP contribution in [0.1, 0.15) is 36.0 Å². The van der Waals surface area contributed by atoms with E-state index in [0.29, 0.717) is 25.4 Å². The normalized spacial score (nSPS) is 21.3. The molecule has 0 saturated carbocycles. The zero-order valence-electron chi connectivity index (χ0n) is 14.3. The summed E-state index contributed by atoms with van der Waals surface area (Å²) in [6.45, 7) is 4.10. The van der Waals surface area contributed by atoms with Crippen LogP contribution in [0.5, 0.6) is 0 Å². The number of para-hydroxylation sites is 2. The number of ether oxygens (including phenoxy) is 1. The van der Waals surface area contributed by atoms with Gasteiger partial charge in [-0.05, 0) is 30.2 Å². The topological polar surface area (TPSA) is 30.3 Å². The van der Waals surface area contributed by atoms with E-state index in [1.165, 1.54) is 11.1 Å². The van der Waals surface area contributed by atoms with E-state index in [1.54, 1.807) is 0 Å². The minimum atomic E-state index is 0.363. The van der Waals surface area contributed by atoms with Crippen LogP contribution in [0.15, 0.2) is 60.7 Å². The maximum absolute atomic E-state index is 5.71. The highest BCUT2D eigenvalue weighted by atomic mass is 16.5. The average Bonchev–Trinajstić information content (AvgIpc) is 3.30. The van der Waals surface area contributed by atoms with E-state index in [9.17, 15) is 0 Å². The molecule has 0 radical (unpaired) electrons. The fourth-order valence-electron chi connectivity index (χ4n) is 4.15. The van der Waals surface area contributed by atoms with Crippen molar-refractivity contribution >= 4 is 11.0 Å². The van der Waals surface area contributed by atoms with Crippen LogP contribution in [-0.2, 0) is 18.0 Å². The minimum absolute atomic E-state index is 0.363. The third-order valence-electron chi connectivity index (χ3n) is 5.31. The Morgan fingerprint density at radius 2 is 1.64 bits per heavy atom. The molecule has 2 aliphatic heterocycles. The summed E-state index contributed by atoms with van der Waals surface area (Å²) in [6.07, 6.45) is 4.64. The molecule has 25 heavy (non-hydrogen) atoms. The second kappa shape index (κ2) is 5.83. The van der Waals surface area contributed by atoms with Gasteiger partial charge in [0, 0.05) is 6.61 Å². The summed E-state index contributed by atoms with van der Waals surface area (Å²) in [5, 5.41) is 0. The van der Waals surface area contributed by atoms with Crippen molar-refractivity contribution in [2.45, 2.75) is 32.3 Å². The Balaban J connectivity index is 1.51.